The number of urea groups is 1. The number of amides is 3. The zero-order valence-electron chi connectivity index (χ0n) is 12.0. The number of nitrogens with zero attached hydrogens (tertiary/aromatic N) is 3. The average Bonchev–Trinajstić information content (AvgIpc) is 2.77. The first-order chi connectivity index (χ1) is 10.0. The molecule has 21 heavy (non-hydrogen) atoms. The van der Waals surface area contributed by atoms with Gasteiger partial charge < -0.3 is 14.7 Å². The lowest BCUT2D eigenvalue weighted by atomic mass is 10.2. The van der Waals surface area contributed by atoms with Crippen LogP contribution in [-0.2, 0) is 11.3 Å². The van der Waals surface area contributed by atoms with Crippen LogP contribution in [0.5, 0.6) is 0 Å². The molecule has 2 aliphatic rings. The van der Waals surface area contributed by atoms with Crippen molar-refractivity contribution in [1.82, 2.24) is 14.7 Å². The molecule has 2 heterocycles. The van der Waals surface area contributed by atoms with Crippen LogP contribution in [0.1, 0.15) is 12.5 Å². The summed E-state index contributed by atoms with van der Waals surface area (Å²) in [7, 11) is 0. The summed E-state index contributed by atoms with van der Waals surface area (Å²) in [6.07, 6.45) is 0. The summed E-state index contributed by atoms with van der Waals surface area (Å²) < 4.78 is 12.9. The molecule has 3 rings (SSSR count). The largest absolute Gasteiger partial charge is 0.339 e. The predicted octanol–water partition coefficient (Wildman–Crippen LogP) is 1.29. The van der Waals surface area contributed by atoms with Gasteiger partial charge in [-0.2, -0.15) is 0 Å². The maximum atomic E-state index is 12.9. The van der Waals surface area contributed by atoms with Crippen molar-refractivity contribution in [3.63, 3.8) is 0 Å². The smallest absolute Gasteiger partial charge is 0.320 e. The number of hydrogen-bond donors (Lipinski definition) is 0. The maximum Gasteiger partial charge on any atom is 0.320 e. The second-order valence-electron chi connectivity index (χ2n) is 5.60. The van der Waals surface area contributed by atoms with Gasteiger partial charge in [0.2, 0.25) is 5.91 Å². The predicted molar refractivity (Wildman–Crippen MR) is 75.0 cm³/mol. The Morgan fingerprint density at radius 2 is 1.95 bits per heavy atom. The standard InChI is InChI=1S/C15H18FN3O2/c1-11(20)17-6-7-19-14(9-17)10-18(15(19)21)8-12-2-4-13(16)5-3-12/h2-5,14H,6-10H2,1H3/t14-/m1/s1. The van der Waals surface area contributed by atoms with Crippen molar-refractivity contribution < 1.29 is 14.0 Å². The molecule has 2 saturated heterocycles. The molecule has 1 atom stereocenters. The van der Waals surface area contributed by atoms with Crippen LogP contribution < -0.4 is 0 Å². The number of hydrogen-bond acceptors (Lipinski definition) is 2. The number of halogens is 1. The molecule has 0 aliphatic carbocycles. The highest BCUT2D eigenvalue weighted by Crippen LogP contribution is 2.22. The Morgan fingerprint density at radius 3 is 2.62 bits per heavy atom. The van der Waals surface area contributed by atoms with E-state index in [0.717, 1.165) is 5.56 Å². The van der Waals surface area contributed by atoms with Crippen LogP contribution in [0.2, 0.25) is 0 Å². The highest BCUT2D eigenvalue weighted by molar-refractivity contribution is 5.78. The molecule has 0 bridgehead atoms. The van der Waals surface area contributed by atoms with Crippen molar-refractivity contribution >= 4 is 11.9 Å². The number of piperazine rings is 1. The van der Waals surface area contributed by atoms with E-state index >= 15 is 0 Å². The topological polar surface area (TPSA) is 43.9 Å². The molecule has 5 nitrogen and oxygen atoms in total. The van der Waals surface area contributed by atoms with Crippen LogP contribution in [0, 0.1) is 5.82 Å². The number of benzene rings is 1. The van der Waals surface area contributed by atoms with E-state index in [-0.39, 0.29) is 23.8 Å². The normalized spacial score (nSPS) is 21.7. The molecule has 3 amide bonds. The molecule has 0 aromatic heterocycles. The monoisotopic (exact) mass is 291 g/mol. The summed E-state index contributed by atoms with van der Waals surface area (Å²) in [6.45, 7) is 4.43. The molecule has 112 valence electrons. The Balaban J connectivity index is 1.68. The van der Waals surface area contributed by atoms with Crippen LogP contribution in [0.15, 0.2) is 24.3 Å². The fourth-order valence-corrected chi connectivity index (χ4v) is 3.01. The van der Waals surface area contributed by atoms with Crippen molar-refractivity contribution in [2.24, 2.45) is 0 Å². The Labute approximate surface area is 122 Å². The van der Waals surface area contributed by atoms with E-state index in [4.69, 9.17) is 0 Å². The minimum Gasteiger partial charge on any atom is -0.339 e. The SMILES string of the molecule is CC(=O)N1CCN2C(=O)N(Cc3ccc(F)cc3)C[C@H]2C1. The van der Waals surface area contributed by atoms with Gasteiger partial charge in [0.05, 0.1) is 6.04 Å². The summed E-state index contributed by atoms with van der Waals surface area (Å²) in [4.78, 5) is 29.2. The zero-order chi connectivity index (χ0) is 15.0. The van der Waals surface area contributed by atoms with Crippen molar-refractivity contribution in [3.8, 4) is 0 Å². The quantitative estimate of drug-likeness (QED) is 0.824. The Kier molecular flexibility index (Phi) is 3.53. The van der Waals surface area contributed by atoms with Crippen LogP contribution in [0.3, 0.4) is 0 Å². The van der Waals surface area contributed by atoms with Gasteiger partial charge in [-0.3, -0.25) is 4.79 Å². The summed E-state index contributed by atoms with van der Waals surface area (Å²) >= 11 is 0. The number of rotatable bonds is 2. The van der Waals surface area contributed by atoms with E-state index < -0.39 is 0 Å². The van der Waals surface area contributed by atoms with E-state index in [1.54, 1.807) is 28.9 Å². The zero-order valence-corrected chi connectivity index (χ0v) is 12.0. The molecule has 1 aromatic carbocycles. The van der Waals surface area contributed by atoms with Gasteiger partial charge in [-0.15, -0.1) is 0 Å². The van der Waals surface area contributed by atoms with Crippen LogP contribution in [0.4, 0.5) is 9.18 Å². The average molecular weight is 291 g/mol. The number of carbonyl (C=O) groups excluding carboxylic acids is 2. The Bertz CT molecular complexity index is 561. The number of carbonyl (C=O) groups is 2. The van der Waals surface area contributed by atoms with Crippen LogP contribution >= 0.6 is 0 Å². The highest BCUT2D eigenvalue weighted by atomic mass is 19.1. The molecule has 1 aromatic rings. The molecule has 0 unspecified atom stereocenters. The fourth-order valence-electron chi connectivity index (χ4n) is 3.01. The number of fused-ring (bicyclic) bond motifs is 1. The van der Waals surface area contributed by atoms with Crippen LogP contribution in [0.25, 0.3) is 0 Å². The lowest BCUT2D eigenvalue weighted by Gasteiger charge is -2.35. The van der Waals surface area contributed by atoms with Gasteiger partial charge in [0.15, 0.2) is 0 Å². The Morgan fingerprint density at radius 1 is 1.24 bits per heavy atom. The fraction of sp³-hybridized carbons (Fsp3) is 0.467. The van der Waals surface area contributed by atoms with E-state index in [1.807, 2.05) is 4.90 Å². The third kappa shape index (κ3) is 2.70. The summed E-state index contributed by atoms with van der Waals surface area (Å²) in [5.41, 5.74) is 0.910. The summed E-state index contributed by atoms with van der Waals surface area (Å²) in [6, 6.07) is 6.27. The molecule has 6 heteroatoms. The molecule has 0 radical (unpaired) electrons. The lowest BCUT2D eigenvalue weighted by molar-refractivity contribution is -0.130. The van der Waals surface area contributed by atoms with Gasteiger partial charge in [-0.05, 0) is 17.7 Å². The molecule has 2 aliphatic heterocycles. The molecular formula is C15H18FN3O2. The Hall–Kier alpha value is -2.11. The minimum absolute atomic E-state index is 0.00697. The van der Waals surface area contributed by atoms with Crippen molar-refractivity contribution in [2.45, 2.75) is 19.5 Å². The first-order valence-electron chi connectivity index (χ1n) is 7.10. The third-order valence-electron chi connectivity index (χ3n) is 4.16. The van der Waals surface area contributed by atoms with E-state index in [2.05, 4.69) is 0 Å². The van der Waals surface area contributed by atoms with E-state index in [1.165, 1.54) is 12.1 Å². The van der Waals surface area contributed by atoms with Crippen molar-refractivity contribution in [1.29, 1.82) is 0 Å². The third-order valence-corrected chi connectivity index (χ3v) is 4.16. The van der Waals surface area contributed by atoms with Gasteiger partial charge in [0.25, 0.3) is 0 Å². The first kappa shape index (κ1) is 13.9. The van der Waals surface area contributed by atoms with Gasteiger partial charge in [-0.25, -0.2) is 9.18 Å². The molecular weight excluding hydrogens is 273 g/mol. The molecule has 0 N–H and O–H groups in total. The van der Waals surface area contributed by atoms with E-state index in [9.17, 15) is 14.0 Å². The van der Waals surface area contributed by atoms with Gasteiger partial charge in [-0.1, -0.05) is 12.1 Å². The van der Waals surface area contributed by atoms with E-state index in [0.29, 0.717) is 32.7 Å². The summed E-state index contributed by atoms with van der Waals surface area (Å²) in [5, 5.41) is 0. The van der Waals surface area contributed by atoms with Gasteiger partial charge in [0, 0.05) is 39.6 Å². The van der Waals surface area contributed by atoms with Crippen molar-refractivity contribution in [3.05, 3.63) is 35.6 Å². The summed E-state index contributed by atoms with van der Waals surface area (Å²) in [5.74, 6) is -0.222. The van der Waals surface area contributed by atoms with Gasteiger partial charge >= 0.3 is 6.03 Å². The molecule has 0 spiro atoms. The van der Waals surface area contributed by atoms with Crippen molar-refractivity contribution in [2.75, 3.05) is 26.2 Å². The second kappa shape index (κ2) is 5.35. The van der Waals surface area contributed by atoms with Crippen LogP contribution in [-0.4, -0.2) is 58.9 Å². The maximum absolute atomic E-state index is 12.9. The van der Waals surface area contributed by atoms with Gasteiger partial charge in [0.1, 0.15) is 5.82 Å². The highest BCUT2D eigenvalue weighted by Gasteiger charge is 2.40. The second-order valence-corrected chi connectivity index (χ2v) is 5.60. The molecule has 0 saturated carbocycles. The minimum atomic E-state index is -0.277. The first-order valence-corrected chi connectivity index (χ1v) is 7.10. The molecule has 2 fully saturated rings. The lowest BCUT2D eigenvalue weighted by Crippen LogP contribution is -2.53.